The highest BCUT2D eigenvalue weighted by molar-refractivity contribution is 5.49. The SMILES string of the molecule is Fc1ccc(NC2CCc3cccnc32)cc1C(F)(F)F. The first-order valence-corrected chi connectivity index (χ1v) is 6.52. The van der Waals surface area contributed by atoms with E-state index in [-0.39, 0.29) is 11.7 Å². The van der Waals surface area contributed by atoms with Gasteiger partial charge >= 0.3 is 6.18 Å². The number of anilines is 1. The molecule has 1 aliphatic rings. The molecule has 21 heavy (non-hydrogen) atoms. The fourth-order valence-corrected chi connectivity index (χ4v) is 2.59. The molecule has 1 aromatic heterocycles. The molecule has 1 aliphatic carbocycles. The predicted octanol–water partition coefficient (Wildman–Crippen LogP) is 4.34. The first-order valence-electron chi connectivity index (χ1n) is 6.52. The van der Waals surface area contributed by atoms with Gasteiger partial charge in [0.2, 0.25) is 0 Å². The fourth-order valence-electron chi connectivity index (χ4n) is 2.59. The highest BCUT2D eigenvalue weighted by atomic mass is 19.4. The van der Waals surface area contributed by atoms with Crippen LogP contribution in [0.15, 0.2) is 36.5 Å². The van der Waals surface area contributed by atoms with Crippen LogP contribution in [0.4, 0.5) is 23.2 Å². The quantitative estimate of drug-likeness (QED) is 0.834. The van der Waals surface area contributed by atoms with Gasteiger partial charge in [0, 0.05) is 11.9 Å². The standard InChI is InChI=1S/C15H12F4N2/c16-12-5-4-10(8-11(12)15(17,18)19)21-13-6-3-9-2-1-7-20-14(9)13/h1-2,4-5,7-8,13,21H,3,6H2. The van der Waals surface area contributed by atoms with Crippen LogP contribution in [0.1, 0.15) is 29.3 Å². The Labute approximate surface area is 118 Å². The molecular formula is C15H12F4N2. The smallest absolute Gasteiger partial charge is 0.377 e. The van der Waals surface area contributed by atoms with E-state index in [0.717, 1.165) is 36.2 Å². The second-order valence-electron chi connectivity index (χ2n) is 4.98. The van der Waals surface area contributed by atoms with E-state index in [1.807, 2.05) is 12.1 Å². The summed E-state index contributed by atoms with van der Waals surface area (Å²) in [4.78, 5) is 4.27. The maximum Gasteiger partial charge on any atom is 0.419 e. The van der Waals surface area contributed by atoms with Crippen molar-refractivity contribution in [3.05, 3.63) is 59.2 Å². The van der Waals surface area contributed by atoms with Crippen LogP contribution in [0, 0.1) is 5.82 Å². The average molecular weight is 296 g/mol. The van der Waals surface area contributed by atoms with Crippen LogP contribution in [0.5, 0.6) is 0 Å². The highest BCUT2D eigenvalue weighted by Crippen LogP contribution is 2.36. The third-order valence-electron chi connectivity index (χ3n) is 3.57. The molecule has 0 spiro atoms. The summed E-state index contributed by atoms with van der Waals surface area (Å²) < 4.78 is 51.4. The van der Waals surface area contributed by atoms with Gasteiger partial charge in [-0.25, -0.2) is 4.39 Å². The average Bonchev–Trinajstić information content (AvgIpc) is 2.83. The molecule has 110 valence electrons. The number of halogens is 4. The number of benzene rings is 1. The van der Waals surface area contributed by atoms with Crippen molar-refractivity contribution < 1.29 is 17.6 Å². The minimum atomic E-state index is -4.70. The van der Waals surface area contributed by atoms with E-state index in [0.29, 0.717) is 0 Å². The van der Waals surface area contributed by atoms with E-state index in [4.69, 9.17) is 0 Å². The zero-order valence-corrected chi connectivity index (χ0v) is 10.9. The molecule has 0 saturated carbocycles. The number of hydrogen-bond acceptors (Lipinski definition) is 2. The number of fused-ring (bicyclic) bond motifs is 1. The Bertz CT molecular complexity index is 667. The van der Waals surface area contributed by atoms with Crippen LogP contribution >= 0.6 is 0 Å². The first kappa shape index (κ1) is 13.9. The topological polar surface area (TPSA) is 24.9 Å². The Morgan fingerprint density at radius 2 is 2.00 bits per heavy atom. The number of nitrogens with one attached hydrogen (secondary N) is 1. The maximum absolute atomic E-state index is 13.3. The lowest BCUT2D eigenvalue weighted by atomic mass is 10.1. The van der Waals surface area contributed by atoms with Gasteiger partial charge in [-0.1, -0.05) is 6.07 Å². The minimum absolute atomic E-state index is 0.146. The van der Waals surface area contributed by atoms with Gasteiger partial charge < -0.3 is 5.32 Å². The molecule has 0 amide bonds. The van der Waals surface area contributed by atoms with Crippen molar-refractivity contribution in [1.29, 1.82) is 0 Å². The van der Waals surface area contributed by atoms with Crippen molar-refractivity contribution in [3.8, 4) is 0 Å². The summed E-state index contributed by atoms with van der Waals surface area (Å²) in [5.41, 5.74) is 0.919. The van der Waals surface area contributed by atoms with Crippen LogP contribution in [-0.4, -0.2) is 4.98 Å². The second-order valence-corrected chi connectivity index (χ2v) is 4.98. The summed E-state index contributed by atoms with van der Waals surface area (Å²) in [5.74, 6) is -1.27. The van der Waals surface area contributed by atoms with Gasteiger partial charge in [-0.3, -0.25) is 4.98 Å². The number of hydrogen-bond donors (Lipinski definition) is 1. The zero-order valence-electron chi connectivity index (χ0n) is 10.9. The van der Waals surface area contributed by atoms with Gasteiger partial charge in [0.05, 0.1) is 17.3 Å². The number of alkyl halides is 3. The Kier molecular flexibility index (Phi) is 3.31. The third-order valence-corrected chi connectivity index (χ3v) is 3.57. The summed E-state index contributed by atoms with van der Waals surface area (Å²) >= 11 is 0. The van der Waals surface area contributed by atoms with Crippen molar-refractivity contribution in [1.82, 2.24) is 4.98 Å². The molecule has 0 radical (unpaired) electrons. The molecule has 0 fully saturated rings. The summed E-state index contributed by atoms with van der Waals surface area (Å²) in [6, 6.07) is 6.59. The highest BCUT2D eigenvalue weighted by Gasteiger charge is 2.34. The van der Waals surface area contributed by atoms with Crippen LogP contribution < -0.4 is 5.32 Å². The molecular weight excluding hydrogens is 284 g/mol. The number of pyridine rings is 1. The van der Waals surface area contributed by atoms with Crippen molar-refractivity contribution in [2.45, 2.75) is 25.1 Å². The Hall–Kier alpha value is -2.11. The van der Waals surface area contributed by atoms with Crippen LogP contribution in [-0.2, 0) is 12.6 Å². The molecule has 1 heterocycles. The lowest BCUT2D eigenvalue weighted by molar-refractivity contribution is -0.139. The molecule has 1 N–H and O–H groups in total. The summed E-state index contributed by atoms with van der Waals surface area (Å²) in [7, 11) is 0. The number of rotatable bonds is 2. The molecule has 1 atom stereocenters. The van der Waals surface area contributed by atoms with Gasteiger partial charge in [0.15, 0.2) is 0 Å². The molecule has 1 aromatic carbocycles. The minimum Gasteiger partial charge on any atom is -0.377 e. The number of nitrogens with zero attached hydrogens (tertiary/aromatic N) is 1. The van der Waals surface area contributed by atoms with E-state index in [2.05, 4.69) is 10.3 Å². The van der Waals surface area contributed by atoms with Gasteiger partial charge in [0.25, 0.3) is 0 Å². The van der Waals surface area contributed by atoms with Crippen molar-refractivity contribution in [2.24, 2.45) is 0 Å². The van der Waals surface area contributed by atoms with Crippen LogP contribution in [0.25, 0.3) is 0 Å². The van der Waals surface area contributed by atoms with E-state index in [1.54, 1.807) is 6.20 Å². The Morgan fingerprint density at radius 1 is 1.19 bits per heavy atom. The van der Waals surface area contributed by atoms with Gasteiger partial charge in [-0.2, -0.15) is 13.2 Å². The molecule has 6 heteroatoms. The normalized spacial score (nSPS) is 17.6. The molecule has 1 unspecified atom stereocenters. The molecule has 2 aromatic rings. The van der Waals surface area contributed by atoms with Crippen LogP contribution in [0.2, 0.25) is 0 Å². The summed E-state index contributed by atoms with van der Waals surface area (Å²) in [5, 5.41) is 3.01. The van der Waals surface area contributed by atoms with Gasteiger partial charge in [-0.15, -0.1) is 0 Å². The monoisotopic (exact) mass is 296 g/mol. The largest absolute Gasteiger partial charge is 0.419 e. The van der Waals surface area contributed by atoms with Crippen molar-refractivity contribution in [3.63, 3.8) is 0 Å². The summed E-state index contributed by atoms with van der Waals surface area (Å²) in [6.07, 6.45) is -1.46. The second kappa shape index (κ2) is 5.02. The van der Waals surface area contributed by atoms with E-state index in [9.17, 15) is 17.6 Å². The fraction of sp³-hybridized carbons (Fsp3) is 0.267. The zero-order chi connectivity index (χ0) is 15.0. The third kappa shape index (κ3) is 2.70. The Balaban J connectivity index is 1.87. The predicted molar refractivity (Wildman–Crippen MR) is 70.3 cm³/mol. The molecule has 3 rings (SSSR count). The maximum atomic E-state index is 13.3. The molecule has 0 aliphatic heterocycles. The van der Waals surface area contributed by atoms with Gasteiger partial charge in [-0.05, 0) is 42.7 Å². The lowest BCUT2D eigenvalue weighted by Crippen LogP contribution is -2.12. The van der Waals surface area contributed by atoms with Crippen LogP contribution in [0.3, 0.4) is 0 Å². The summed E-state index contributed by atoms with van der Waals surface area (Å²) in [6.45, 7) is 0. The number of aryl methyl sites for hydroxylation is 1. The van der Waals surface area contributed by atoms with E-state index >= 15 is 0 Å². The molecule has 0 saturated heterocycles. The van der Waals surface area contributed by atoms with Crippen molar-refractivity contribution >= 4 is 5.69 Å². The van der Waals surface area contributed by atoms with E-state index < -0.39 is 17.6 Å². The Morgan fingerprint density at radius 3 is 2.76 bits per heavy atom. The molecule has 0 bridgehead atoms. The van der Waals surface area contributed by atoms with E-state index in [1.165, 1.54) is 6.07 Å². The first-order chi connectivity index (χ1) is 9.95. The van der Waals surface area contributed by atoms with Crippen molar-refractivity contribution in [2.75, 3.05) is 5.32 Å². The lowest BCUT2D eigenvalue weighted by Gasteiger charge is -2.16. The number of aromatic nitrogens is 1. The molecule has 2 nitrogen and oxygen atoms in total. The van der Waals surface area contributed by atoms with Gasteiger partial charge in [0.1, 0.15) is 5.82 Å².